The number of fused-ring (bicyclic) bond motifs is 8. The Bertz CT molecular complexity index is 1860. The summed E-state index contributed by atoms with van der Waals surface area (Å²) >= 11 is 6.79. The summed E-state index contributed by atoms with van der Waals surface area (Å²) in [4.78, 5) is 17.1. The Morgan fingerprint density at radius 2 is 2.00 bits per heavy atom. The Kier molecular flexibility index (Phi) is 6.12. The molecule has 3 N–H and O–H groups in total. The van der Waals surface area contributed by atoms with Crippen LogP contribution in [0, 0.1) is 24.6 Å². The molecular weight excluding hydrogens is 652 g/mol. The van der Waals surface area contributed by atoms with Gasteiger partial charge >= 0.3 is 12.2 Å². The SMILES string of the molecule is Cc1cc(N)nc(-c2c(Cl)c3c4c(nc(OCC56CCCN5CC5C6C5(F)F)nc4c2F)N2CC4CCC(N4)C2CO3)c1C(F)(F)F. The van der Waals surface area contributed by atoms with Crippen LogP contribution in [-0.4, -0.2) is 82.3 Å². The maximum Gasteiger partial charge on any atom is 0.418 e. The molecule has 2 aromatic heterocycles. The number of anilines is 2. The van der Waals surface area contributed by atoms with Crippen LogP contribution < -0.4 is 25.4 Å². The number of alkyl halides is 5. The van der Waals surface area contributed by atoms with E-state index in [0.717, 1.165) is 25.3 Å². The van der Waals surface area contributed by atoms with Gasteiger partial charge in [0.15, 0.2) is 11.6 Å². The van der Waals surface area contributed by atoms with Crippen molar-refractivity contribution in [3.63, 3.8) is 0 Å². The lowest BCUT2D eigenvalue weighted by Gasteiger charge is -2.40. The highest BCUT2D eigenvalue weighted by atomic mass is 35.5. The summed E-state index contributed by atoms with van der Waals surface area (Å²) in [5.74, 6) is -5.61. The van der Waals surface area contributed by atoms with E-state index in [4.69, 9.17) is 31.8 Å². The molecule has 0 spiro atoms. The second kappa shape index (κ2) is 9.65. The number of aromatic nitrogens is 3. The van der Waals surface area contributed by atoms with Gasteiger partial charge in [-0.25, -0.2) is 18.2 Å². The van der Waals surface area contributed by atoms with E-state index < -0.39 is 57.1 Å². The van der Waals surface area contributed by atoms with Crippen LogP contribution in [0.3, 0.4) is 0 Å². The van der Waals surface area contributed by atoms with Crippen molar-refractivity contribution in [1.29, 1.82) is 0 Å². The number of ether oxygens (including phenoxy) is 2. The number of nitrogens with zero attached hydrogens (tertiary/aromatic N) is 5. The molecule has 3 aromatic rings. The van der Waals surface area contributed by atoms with Gasteiger partial charge in [0.25, 0.3) is 5.92 Å². The Morgan fingerprint density at radius 1 is 1.19 bits per heavy atom. The fourth-order valence-corrected chi connectivity index (χ4v) is 9.53. The summed E-state index contributed by atoms with van der Waals surface area (Å²) in [7, 11) is 0. The number of benzene rings is 1. The Balaban J connectivity index is 1.24. The lowest BCUT2D eigenvalue weighted by atomic mass is 9.92. The third-order valence-corrected chi connectivity index (χ3v) is 11.6. The summed E-state index contributed by atoms with van der Waals surface area (Å²) in [5.41, 5.74) is 1.68. The van der Waals surface area contributed by atoms with E-state index in [2.05, 4.69) is 15.3 Å². The molecule has 47 heavy (non-hydrogen) atoms. The fourth-order valence-electron chi connectivity index (χ4n) is 9.21. The molecule has 1 aliphatic carbocycles. The molecule has 6 aliphatic rings. The largest absolute Gasteiger partial charge is 0.489 e. The van der Waals surface area contributed by atoms with E-state index in [1.54, 1.807) is 0 Å². The van der Waals surface area contributed by atoms with E-state index in [0.29, 0.717) is 19.5 Å². The number of halogens is 7. The van der Waals surface area contributed by atoms with Crippen LogP contribution in [0.15, 0.2) is 6.07 Å². The normalized spacial score (nSPS) is 31.7. The van der Waals surface area contributed by atoms with E-state index in [1.807, 2.05) is 9.80 Å². The molecule has 5 fully saturated rings. The molecule has 5 aliphatic heterocycles. The fraction of sp³-hybridized carbons (Fsp3) is 0.581. The first-order chi connectivity index (χ1) is 22.3. The molecule has 9 nitrogen and oxygen atoms in total. The third-order valence-electron chi connectivity index (χ3n) is 11.2. The summed E-state index contributed by atoms with van der Waals surface area (Å²) in [6.45, 7) is 2.61. The van der Waals surface area contributed by atoms with Crippen LogP contribution in [-0.2, 0) is 6.18 Å². The topological polar surface area (TPSA) is 102 Å². The van der Waals surface area contributed by atoms with Gasteiger partial charge in [0.1, 0.15) is 30.4 Å². The lowest BCUT2D eigenvalue weighted by Crippen LogP contribution is -2.60. The Hall–Kier alpha value is -3.30. The molecule has 7 heterocycles. The molecule has 6 unspecified atom stereocenters. The minimum Gasteiger partial charge on any atom is -0.489 e. The molecule has 0 amide bonds. The molecule has 9 rings (SSSR count). The van der Waals surface area contributed by atoms with Gasteiger partial charge in [-0.1, -0.05) is 11.6 Å². The van der Waals surface area contributed by atoms with Gasteiger partial charge in [-0.3, -0.25) is 4.90 Å². The average molecular weight is 682 g/mol. The zero-order valence-corrected chi connectivity index (χ0v) is 25.9. The maximum absolute atomic E-state index is 16.9. The van der Waals surface area contributed by atoms with E-state index >= 15 is 4.39 Å². The number of pyridine rings is 1. The predicted molar refractivity (Wildman–Crippen MR) is 159 cm³/mol. The molecule has 16 heteroatoms. The van der Waals surface area contributed by atoms with E-state index in [9.17, 15) is 22.0 Å². The van der Waals surface area contributed by atoms with Crippen molar-refractivity contribution in [3.8, 4) is 23.0 Å². The zero-order valence-electron chi connectivity index (χ0n) is 25.1. The van der Waals surface area contributed by atoms with Crippen molar-refractivity contribution in [2.24, 2.45) is 11.8 Å². The quantitative estimate of drug-likeness (QED) is 0.360. The first-order valence-corrected chi connectivity index (χ1v) is 16.2. The first kappa shape index (κ1) is 29.8. The lowest BCUT2D eigenvalue weighted by molar-refractivity contribution is -0.137. The minimum absolute atomic E-state index is 0.00839. The second-order valence-electron chi connectivity index (χ2n) is 13.7. The number of nitrogens with two attached hydrogens (primary N) is 1. The van der Waals surface area contributed by atoms with Crippen LogP contribution >= 0.6 is 11.6 Å². The van der Waals surface area contributed by atoms with Crippen molar-refractivity contribution in [2.45, 2.75) is 68.4 Å². The summed E-state index contributed by atoms with van der Waals surface area (Å²) in [6, 6.07) is 0.657. The highest BCUT2D eigenvalue weighted by molar-refractivity contribution is 6.36. The van der Waals surface area contributed by atoms with Crippen LogP contribution in [0.5, 0.6) is 11.8 Å². The summed E-state index contributed by atoms with van der Waals surface area (Å²) in [6.07, 6.45) is -1.91. The molecule has 1 saturated carbocycles. The number of nitrogen functional groups attached to an aromatic ring is 1. The predicted octanol–water partition coefficient (Wildman–Crippen LogP) is 5.20. The van der Waals surface area contributed by atoms with Crippen LogP contribution in [0.4, 0.5) is 38.0 Å². The van der Waals surface area contributed by atoms with Crippen molar-refractivity contribution < 1.29 is 35.8 Å². The minimum atomic E-state index is -4.92. The number of aryl methyl sites for hydroxylation is 1. The smallest absolute Gasteiger partial charge is 0.418 e. The van der Waals surface area contributed by atoms with Gasteiger partial charge in [-0.15, -0.1) is 0 Å². The van der Waals surface area contributed by atoms with Crippen molar-refractivity contribution in [2.75, 3.05) is 43.5 Å². The number of rotatable bonds is 4. The van der Waals surface area contributed by atoms with Gasteiger partial charge in [-0.2, -0.15) is 23.1 Å². The van der Waals surface area contributed by atoms with Gasteiger partial charge < -0.3 is 25.4 Å². The van der Waals surface area contributed by atoms with Crippen LogP contribution in [0.1, 0.15) is 36.8 Å². The molecule has 4 saturated heterocycles. The zero-order chi connectivity index (χ0) is 32.8. The van der Waals surface area contributed by atoms with Crippen LogP contribution in [0.2, 0.25) is 5.02 Å². The monoisotopic (exact) mass is 681 g/mol. The van der Waals surface area contributed by atoms with Gasteiger partial charge in [0.2, 0.25) is 0 Å². The van der Waals surface area contributed by atoms with E-state index in [-0.39, 0.29) is 77.7 Å². The van der Waals surface area contributed by atoms with Crippen molar-refractivity contribution in [3.05, 3.63) is 28.0 Å². The standard InChI is InChI=1S/C31H30ClF6N7O2/c1-12-7-17(39)41-23(20(12)31(36,37)38)18-21(32)25-19-24(22(18)33)42-28(43-27(19)45-8-13-3-4-15(40-13)16(45)10-46-25)47-11-29-5-2-6-44(29)9-14-26(29)30(14,34)35/h7,13-16,26,40H,2-6,8-11H2,1H3,(H2,39,41). The van der Waals surface area contributed by atoms with Crippen molar-refractivity contribution in [1.82, 2.24) is 25.2 Å². The molecule has 0 radical (unpaired) electrons. The Labute approximate surface area is 269 Å². The highest BCUT2D eigenvalue weighted by Crippen LogP contribution is 2.68. The first-order valence-electron chi connectivity index (χ1n) is 15.8. The van der Waals surface area contributed by atoms with Gasteiger partial charge in [-0.05, 0) is 50.8 Å². The second-order valence-corrected chi connectivity index (χ2v) is 14.1. The number of piperazine rings is 1. The maximum atomic E-state index is 16.9. The number of hydrogen-bond acceptors (Lipinski definition) is 9. The molecule has 2 bridgehead atoms. The third kappa shape index (κ3) is 4.08. The molecule has 6 atom stereocenters. The average Bonchev–Trinajstić information content (AvgIpc) is 3.33. The highest BCUT2D eigenvalue weighted by Gasteiger charge is 2.81. The van der Waals surface area contributed by atoms with Crippen LogP contribution in [0.25, 0.3) is 22.2 Å². The van der Waals surface area contributed by atoms with Crippen molar-refractivity contribution >= 4 is 34.1 Å². The van der Waals surface area contributed by atoms with E-state index in [1.165, 1.54) is 6.92 Å². The summed E-state index contributed by atoms with van der Waals surface area (Å²) < 4.78 is 102. The summed E-state index contributed by atoms with van der Waals surface area (Å²) in [5, 5.41) is 3.25. The Morgan fingerprint density at radius 3 is 2.79 bits per heavy atom. The van der Waals surface area contributed by atoms with Gasteiger partial charge in [0, 0.05) is 31.1 Å². The molecule has 1 aromatic carbocycles. The number of nitrogens with one attached hydrogen (secondary N) is 1. The molecule has 250 valence electrons. The number of hydrogen-bond donors (Lipinski definition) is 2. The van der Waals surface area contributed by atoms with Gasteiger partial charge in [0.05, 0.1) is 44.7 Å². The molecular formula is C31H30ClF6N7O2. The number of piperidine rings is 1.